The molecule has 21 heavy (non-hydrogen) atoms. The summed E-state index contributed by atoms with van der Waals surface area (Å²) in [6.07, 6.45) is 4.46. The molecule has 0 saturated heterocycles. The molecule has 0 aliphatic rings. The van der Waals surface area contributed by atoms with Gasteiger partial charge in [-0.15, -0.1) is 5.10 Å². The summed E-state index contributed by atoms with van der Waals surface area (Å²) in [6, 6.07) is 2.07. The van der Waals surface area contributed by atoms with Gasteiger partial charge >= 0.3 is 0 Å². The van der Waals surface area contributed by atoms with Crippen LogP contribution in [-0.4, -0.2) is 16.1 Å². The third-order valence-electron chi connectivity index (χ3n) is 3.57. The van der Waals surface area contributed by atoms with E-state index in [0.717, 1.165) is 36.9 Å². The molecule has 4 heteroatoms. The van der Waals surface area contributed by atoms with Gasteiger partial charge in [-0.05, 0) is 31.7 Å². The van der Waals surface area contributed by atoms with Crippen molar-refractivity contribution in [3.63, 3.8) is 0 Å². The van der Waals surface area contributed by atoms with Crippen LogP contribution < -0.4 is 5.32 Å². The van der Waals surface area contributed by atoms with Crippen molar-refractivity contribution >= 4 is 11.7 Å². The first-order chi connectivity index (χ1) is 9.79. The number of rotatable bonds is 6. The van der Waals surface area contributed by atoms with Crippen LogP contribution >= 0.6 is 0 Å². The molecule has 0 fully saturated rings. The van der Waals surface area contributed by atoms with Crippen LogP contribution in [0.25, 0.3) is 0 Å². The Hall–Kier alpha value is -1.45. The van der Waals surface area contributed by atoms with Crippen LogP contribution in [-0.2, 0) is 4.79 Å². The first-order valence-electron chi connectivity index (χ1n) is 7.95. The molecule has 1 heterocycles. The molecular formula is C17H29N3O. The predicted molar refractivity (Wildman–Crippen MR) is 87.4 cm³/mol. The molecule has 118 valence electrons. The van der Waals surface area contributed by atoms with Crippen molar-refractivity contribution in [3.8, 4) is 0 Å². The number of nitrogens with one attached hydrogen (secondary N) is 1. The van der Waals surface area contributed by atoms with E-state index in [9.17, 15) is 4.79 Å². The van der Waals surface area contributed by atoms with Crippen LogP contribution in [0.4, 0.5) is 5.82 Å². The van der Waals surface area contributed by atoms with Crippen LogP contribution in [0, 0.1) is 12.3 Å². The van der Waals surface area contributed by atoms with Crippen molar-refractivity contribution in [2.75, 3.05) is 5.32 Å². The van der Waals surface area contributed by atoms with E-state index in [4.69, 9.17) is 0 Å². The van der Waals surface area contributed by atoms with E-state index in [1.165, 1.54) is 0 Å². The average Bonchev–Trinajstić information content (AvgIpc) is 2.39. The van der Waals surface area contributed by atoms with Gasteiger partial charge in [0.05, 0.1) is 5.69 Å². The Labute approximate surface area is 128 Å². The van der Waals surface area contributed by atoms with E-state index in [0.29, 0.717) is 11.7 Å². The van der Waals surface area contributed by atoms with Crippen LogP contribution in [0.3, 0.4) is 0 Å². The second-order valence-corrected chi connectivity index (χ2v) is 6.77. The third kappa shape index (κ3) is 5.10. The monoisotopic (exact) mass is 291 g/mol. The molecule has 1 rings (SSSR count). The summed E-state index contributed by atoms with van der Waals surface area (Å²) < 4.78 is 0. The lowest BCUT2D eigenvalue weighted by Crippen LogP contribution is -2.29. The maximum atomic E-state index is 12.2. The zero-order chi connectivity index (χ0) is 16.0. The molecule has 0 bridgehead atoms. The SMILES string of the molecule is CCCC(CCC)c1cc(C)nnc1NC(=O)C(C)(C)C. The lowest BCUT2D eigenvalue weighted by Gasteiger charge is -2.22. The van der Waals surface area contributed by atoms with Gasteiger partial charge in [-0.3, -0.25) is 4.79 Å². The Kier molecular flexibility index (Phi) is 6.31. The topological polar surface area (TPSA) is 54.9 Å². The molecule has 0 aliphatic heterocycles. The smallest absolute Gasteiger partial charge is 0.230 e. The van der Waals surface area contributed by atoms with Crippen molar-refractivity contribution in [1.29, 1.82) is 0 Å². The fourth-order valence-electron chi connectivity index (χ4n) is 2.36. The second-order valence-electron chi connectivity index (χ2n) is 6.77. The van der Waals surface area contributed by atoms with Gasteiger partial charge < -0.3 is 5.32 Å². The maximum Gasteiger partial charge on any atom is 0.230 e. The van der Waals surface area contributed by atoms with Crippen LogP contribution in [0.1, 0.15) is 77.5 Å². The Morgan fingerprint density at radius 2 is 1.76 bits per heavy atom. The molecule has 4 nitrogen and oxygen atoms in total. The highest BCUT2D eigenvalue weighted by molar-refractivity contribution is 5.94. The van der Waals surface area contributed by atoms with E-state index in [1.54, 1.807) is 0 Å². The molecule has 0 saturated carbocycles. The molecule has 0 aromatic carbocycles. The van der Waals surface area contributed by atoms with Gasteiger partial charge in [0.15, 0.2) is 5.82 Å². The van der Waals surface area contributed by atoms with Crippen molar-refractivity contribution in [1.82, 2.24) is 10.2 Å². The van der Waals surface area contributed by atoms with E-state index in [1.807, 2.05) is 27.7 Å². The lowest BCUT2D eigenvalue weighted by atomic mass is 9.90. The molecule has 1 aromatic heterocycles. The van der Waals surface area contributed by atoms with Crippen molar-refractivity contribution in [2.24, 2.45) is 5.41 Å². The number of hydrogen-bond donors (Lipinski definition) is 1. The minimum Gasteiger partial charge on any atom is -0.309 e. The van der Waals surface area contributed by atoms with Gasteiger partial charge in [-0.2, -0.15) is 5.10 Å². The molecule has 0 spiro atoms. The standard InChI is InChI=1S/C17H29N3O/c1-7-9-13(10-8-2)14-11-12(3)19-20-15(14)18-16(21)17(4,5)6/h11,13H,7-10H2,1-6H3,(H,18,20,21). The number of nitrogens with zero attached hydrogens (tertiary/aromatic N) is 2. The fraction of sp³-hybridized carbons (Fsp3) is 0.706. The van der Waals surface area contributed by atoms with Gasteiger partial charge in [0, 0.05) is 11.0 Å². The van der Waals surface area contributed by atoms with Gasteiger partial charge in [0.2, 0.25) is 5.91 Å². The fourth-order valence-corrected chi connectivity index (χ4v) is 2.36. The highest BCUT2D eigenvalue weighted by atomic mass is 16.2. The molecule has 0 unspecified atom stereocenters. The summed E-state index contributed by atoms with van der Waals surface area (Å²) in [6.45, 7) is 12.0. The van der Waals surface area contributed by atoms with Crippen molar-refractivity contribution in [2.45, 2.75) is 73.1 Å². The molecule has 1 aromatic rings. The summed E-state index contributed by atoms with van der Waals surface area (Å²) in [5, 5.41) is 11.3. The number of hydrogen-bond acceptors (Lipinski definition) is 3. The van der Waals surface area contributed by atoms with E-state index < -0.39 is 5.41 Å². The predicted octanol–water partition coefficient (Wildman–Crippen LogP) is 4.45. The normalized spacial score (nSPS) is 11.8. The molecule has 0 radical (unpaired) electrons. The minimum atomic E-state index is -0.436. The summed E-state index contributed by atoms with van der Waals surface area (Å²) in [5.74, 6) is 1.05. The average molecular weight is 291 g/mol. The Morgan fingerprint density at radius 3 is 2.24 bits per heavy atom. The maximum absolute atomic E-state index is 12.2. The first kappa shape index (κ1) is 17.6. The van der Waals surface area contributed by atoms with Crippen molar-refractivity contribution < 1.29 is 4.79 Å². The Morgan fingerprint density at radius 1 is 1.19 bits per heavy atom. The summed E-state index contributed by atoms with van der Waals surface area (Å²) in [4.78, 5) is 12.2. The van der Waals surface area contributed by atoms with Crippen LogP contribution in [0.5, 0.6) is 0 Å². The molecule has 1 N–H and O–H groups in total. The summed E-state index contributed by atoms with van der Waals surface area (Å²) in [5.41, 5.74) is 1.59. The lowest BCUT2D eigenvalue weighted by molar-refractivity contribution is -0.123. The number of amides is 1. The quantitative estimate of drug-likeness (QED) is 0.842. The van der Waals surface area contributed by atoms with Crippen molar-refractivity contribution in [3.05, 3.63) is 17.3 Å². The number of carbonyl (C=O) groups excluding carboxylic acids is 1. The summed E-state index contributed by atoms with van der Waals surface area (Å²) >= 11 is 0. The molecule has 1 amide bonds. The van der Waals surface area contributed by atoms with Crippen LogP contribution in [0.15, 0.2) is 6.07 Å². The van der Waals surface area contributed by atoms with Gasteiger partial charge in [0.1, 0.15) is 0 Å². The molecule has 0 aliphatic carbocycles. The molecular weight excluding hydrogens is 262 g/mol. The third-order valence-corrected chi connectivity index (χ3v) is 3.57. The van der Waals surface area contributed by atoms with E-state index >= 15 is 0 Å². The van der Waals surface area contributed by atoms with Crippen LogP contribution in [0.2, 0.25) is 0 Å². The number of aryl methyl sites for hydroxylation is 1. The Balaban J connectivity index is 3.11. The second kappa shape index (κ2) is 7.53. The summed E-state index contributed by atoms with van der Waals surface area (Å²) in [7, 11) is 0. The van der Waals surface area contributed by atoms with Gasteiger partial charge in [-0.25, -0.2) is 0 Å². The Bertz CT molecular complexity index is 471. The highest BCUT2D eigenvalue weighted by Gasteiger charge is 2.24. The van der Waals surface area contributed by atoms with E-state index in [-0.39, 0.29) is 5.91 Å². The highest BCUT2D eigenvalue weighted by Crippen LogP contribution is 2.31. The van der Waals surface area contributed by atoms with Gasteiger partial charge in [0.25, 0.3) is 0 Å². The largest absolute Gasteiger partial charge is 0.309 e. The minimum absolute atomic E-state index is 0.0198. The zero-order valence-electron chi connectivity index (χ0n) is 14.3. The number of anilines is 1. The van der Waals surface area contributed by atoms with E-state index in [2.05, 4.69) is 35.4 Å². The number of carbonyl (C=O) groups is 1. The number of aromatic nitrogens is 2. The zero-order valence-corrected chi connectivity index (χ0v) is 14.3. The van der Waals surface area contributed by atoms with Gasteiger partial charge in [-0.1, -0.05) is 47.5 Å². The molecule has 0 atom stereocenters. The first-order valence-corrected chi connectivity index (χ1v) is 7.95.